The van der Waals surface area contributed by atoms with Gasteiger partial charge in [0.1, 0.15) is 5.60 Å². The molecule has 1 atom stereocenters. The predicted molar refractivity (Wildman–Crippen MR) is 142 cm³/mol. The highest BCUT2D eigenvalue weighted by molar-refractivity contribution is 9.10. The molecule has 0 bridgehead atoms. The average molecular weight is 495 g/mol. The standard InChI is InChI=1S/C31H27BrO/c1-3-11-22-12-4-5-13-23(22)20-21(2)24-14-6-8-16-26(24)31(33)27-17-9-7-15-25(27)30-28(31)18-10-19-29(30)32/h4-10,12-20,33H,3,11H2,1-2H3/b21-20+. The summed E-state index contributed by atoms with van der Waals surface area (Å²) >= 11 is 3.73. The molecule has 0 radical (unpaired) electrons. The molecule has 33 heavy (non-hydrogen) atoms. The van der Waals surface area contributed by atoms with Gasteiger partial charge in [-0.1, -0.05) is 120 Å². The van der Waals surface area contributed by atoms with Gasteiger partial charge < -0.3 is 5.11 Å². The fourth-order valence-electron chi connectivity index (χ4n) is 5.18. The summed E-state index contributed by atoms with van der Waals surface area (Å²) in [6, 6.07) is 31.2. The third-order valence-electron chi connectivity index (χ3n) is 6.68. The zero-order valence-corrected chi connectivity index (χ0v) is 20.6. The topological polar surface area (TPSA) is 20.2 Å². The van der Waals surface area contributed by atoms with Gasteiger partial charge in [-0.05, 0) is 47.2 Å². The Morgan fingerprint density at radius 3 is 2.30 bits per heavy atom. The lowest BCUT2D eigenvalue weighted by molar-refractivity contribution is 0.130. The minimum absolute atomic E-state index is 0.913. The van der Waals surface area contributed by atoms with Gasteiger partial charge >= 0.3 is 0 Å². The predicted octanol–water partition coefficient (Wildman–Crippen LogP) is 8.23. The third kappa shape index (κ3) is 3.58. The molecule has 2 heteroatoms. The summed E-state index contributed by atoms with van der Waals surface area (Å²) in [6.45, 7) is 4.36. The van der Waals surface area contributed by atoms with Crippen LogP contribution in [-0.2, 0) is 12.0 Å². The number of hydrogen-bond donors (Lipinski definition) is 1. The van der Waals surface area contributed by atoms with E-state index >= 15 is 0 Å². The van der Waals surface area contributed by atoms with Crippen LogP contribution in [0.1, 0.15) is 53.6 Å². The molecule has 0 heterocycles. The minimum Gasteiger partial charge on any atom is -0.376 e. The first kappa shape index (κ1) is 21.9. The maximum absolute atomic E-state index is 12.5. The Labute approximate surface area is 204 Å². The van der Waals surface area contributed by atoms with Crippen LogP contribution in [0, 0.1) is 0 Å². The lowest BCUT2D eigenvalue weighted by Gasteiger charge is -2.29. The van der Waals surface area contributed by atoms with Crippen molar-refractivity contribution in [3.63, 3.8) is 0 Å². The van der Waals surface area contributed by atoms with E-state index < -0.39 is 5.60 Å². The van der Waals surface area contributed by atoms with Crippen molar-refractivity contribution in [3.05, 3.63) is 129 Å². The van der Waals surface area contributed by atoms with Crippen LogP contribution in [-0.4, -0.2) is 5.11 Å². The first-order valence-corrected chi connectivity index (χ1v) is 12.3. The van der Waals surface area contributed by atoms with E-state index in [1.54, 1.807) is 0 Å². The van der Waals surface area contributed by atoms with Crippen molar-refractivity contribution in [1.82, 2.24) is 0 Å². The van der Waals surface area contributed by atoms with Gasteiger partial charge in [0, 0.05) is 26.7 Å². The first-order chi connectivity index (χ1) is 16.1. The number of aliphatic hydroxyl groups is 1. The fraction of sp³-hybridized carbons (Fsp3) is 0.161. The van der Waals surface area contributed by atoms with E-state index in [4.69, 9.17) is 0 Å². The van der Waals surface area contributed by atoms with Crippen molar-refractivity contribution in [1.29, 1.82) is 0 Å². The summed E-state index contributed by atoms with van der Waals surface area (Å²) in [4.78, 5) is 0. The van der Waals surface area contributed by atoms with E-state index in [1.807, 2.05) is 42.5 Å². The Morgan fingerprint density at radius 1 is 0.818 bits per heavy atom. The Hall–Kier alpha value is -2.94. The van der Waals surface area contributed by atoms with E-state index in [9.17, 15) is 5.11 Å². The van der Waals surface area contributed by atoms with Crippen molar-refractivity contribution >= 4 is 27.6 Å². The smallest absolute Gasteiger partial charge is 0.142 e. The maximum Gasteiger partial charge on any atom is 0.142 e. The summed E-state index contributed by atoms with van der Waals surface area (Å²) in [5, 5.41) is 12.5. The van der Waals surface area contributed by atoms with Crippen LogP contribution in [0.3, 0.4) is 0 Å². The molecule has 0 amide bonds. The van der Waals surface area contributed by atoms with Crippen molar-refractivity contribution < 1.29 is 5.11 Å². The molecular formula is C31H27BrO. The number of benzene rings is 4. The Bertz CT molecular complexity index is 1370. The second-order valence-electron chi connectivity index (χ2n) is 8.74. The van der Waals surface area contributed by atoms with E-state index in [0.29, 0.717) is 0 Å². The lowest BCUT2D eigenvalue weighted by atomic mass is 9.80. The third-order valence-corrected chi connectivity index (χ3v) is 7.34. The SMILES string of the molecule is CCCc1ccccc1/C=C(\C)c1ccccc1C1(O)c2ccccc2-c2c(Br)cccc21. The monoisotopic (exact) mass is 494 g/mol. The Balaban J connectivity index is 1.72. The molecule has 0 aromatic heterocycles. The number of rotatable bonds is 5. The molecular weight excluding hydrogens is 468 g/mol. The number of halogens is 1. The molecule has 1 aliphatic carbocycles. The molecule has 1 N–H and O–H groups in total. The van der Waals surface area contributed by atoms with Crippen molar-refractivity contribution in [2.75, 3.05) is 0 Å². The highest BCUT2D eigenvalue weighted by Crippen LogP contribution is 2.54. The van der Waals surface area contributed by atoms with E-state index in [0.717, 1.165) is 56.3 Å². The van der Waals surface area contributed by atoms with Crippen LogP contribution >= 0.6 is 15.9 Å². The van der Waals surface area contributed by atoms with Crippen LogP contribution in [0.4, 0.5) is 0 Å². The molecule has 1 unspecified atom stereocenters. The van der Waals surface area contributed by atoms with Gasteiger partial charge in [0.25, 0.3) is 0 Å². The second kappa shape index (κ2) is 8.78. The van der Waals surface area contributed by atoms with Gasteiger partial charge in [-0.2, -0.15) is 0 Å². The van der Waals surface area contributed by atoms with Crippen LogP contribution in [0.2, 0.25) is 0 Å². The highest BCUT2D eigenvalue weighted by atomic mass is 79.9. The van der Waals surface area contributed by atoms with Gasteiger partial charge in [-0.3, -0.25) is 0 Å². The molecule has 1 nitrogen and oxygen atoms in total. The molecule has 0 aliphatic heterocycles. The van der Waals surface area contributed by atoms with E-state index in [2.05, 4.69) is 84.4 Å². The normalized spacial score (nSPS) is 17.0. The van der Waals surface area contributed by atoms with E-state index in [1.165, 1.54) is 11.1 Å². The summed E-state index contributed by atoms with van der Waals surface area (Å²) in [7, 11) is 0. The van der Waals surface area contributed by atoms with Crippen molar-refractivity contribution in [3.8, 4) is 11.1 Å². The maximum atomic E-state index is 12.5. The summed E-state index contributed by atoms with van der Waals surface area (Å²) < 4.78 is 1.00. The summed E-state index contributed by atoms with van der Waals surface area (Å²) in [5.74, 6) is 0. The Morgan fingerprint density at radius 2 is 1.48 bits per heavy atom. The number of fused-ring (bicyclic) bond motifs is 3. The van der Waals surface area contributed by atoms with Gasteiger partial charge in [0.15, 0.2) is 0 Å². The molecule has 0 saturated heterocycles. The summed E-state index contributed by atoms with van der Waals surface area (Å²) in [6.07, 6.45) is 4.43. The first-order valence-electron chi connectivity index (χ1n) is 11.5. The lowest BCUT2D eigenvalue weighted by Crippen LogP contribution is -2.27. The quantitative estimate of drug-likeness (QED) is 0.277. The van der Waals surface area contributed by atoms with Crippen LogP contribution in [0.25, 0.3) is 22.8 Å². The number of allylic oxidation sites excluding steroid dienone is 1. The molecule has 4 aromatic rings. The largest absolute Gasteiger partial charge is 0.376 e. The molecule has 0 spiro atoms. The molecule has 164 valence electrons. The van der Waals surface area contributed by atoms with Gasteiger partial charge in [0.05, 0.1) is 0 Å². The van der Waals surface area contributed by atoms with Crippen molar-refractivity contribution in [2.45, 2.75) is 32.3 Å². The minimum atomic E-state index is -1.22. The summed E-state index contributed by atoms with van der Waals surface area (Å²) in [5.41, 5.74) is 8.50. The molecule has 0 saturated carbocycles. The average Bonchev–Trinajstić information content (AvgIpc) is 3.11. The zero-order valence-electron chi connectivity index (χ0n) is 19.0. The van der Waals surface area contributed by atoms with Crippen LogP contribution in [0.15, 0.2) is 95.5 Å². The van der Waals surface area contributed by atoms with Gasteiger partial charge in [-0.15, -0.1) is 0 Å². The molecule has 4 aromatic carbocycles. The molecule has 1 aliphatic rings. The van der Waals surface area contributed by atoms with Crippen LogP contribution < -0.4 is 0 Å². The van der Waals surface area contributed by atoms with Crippen LogP contribution in [0.5, 0.6) is 0 Å². The molecule has 5 rings (SSSR count). The van der Waals surface area contributed by atoms with Gasteiger partial charge in [-0.25, -0.2) is 0 Å². The Kier molecular flexibility index (Phi) is 5.82. The molecule has 0 fully saturated rings. The zero-order chi connectivity index (χ0) is 23.0. The van der Waals surface area contributed by atoms with E-state index in [-0.39, 0.29) is 0 Å². The van der Waals surface area contributed by atoms with Gasteiger partial charge in [0.2, 0.25) is 0 Å². The second-order valence-corrected chi connectivity index (χ2v) is 9.59. The number of aryl methyl sites for hydroxylation is 1. The highest BCUT2D eigenvalue weighted by Gasteiger charge is 2.44. The fourth-order valence-corrected chi connectivity index (χ4v) is 5.76. The van der Waals surface area contributed by atoms with Crippen molar-refractivity contribution in [2.24, 2.45) is 0 Å². The number of hydrogen-bond acceptors (Lipinski definition) is 1.